The summed E-state index contributed by atoms with van der Waals surface area (Å²) in [5.41, 5.74) is 1.22. The zero-order chi connectivity index (χ0) is 16.4. The maximum Gasteiger partial charge on any atom is 0.258 e. The van der Waals surface area contributed by atoms with E-state index in [1.165, 1.54) is 0 Å². The van der Waals surface area contributed by atoms with Crippen molar-refractivity contribution in [1.29, 1.82) is 0 Å². The Hall–Kier alpha value is -2.89. The topological polar surface area (TPSA) is 57.2 Å². The molecule has 0 N–H and O–H groups in total. The second-order valence-electron chi connectivity index (χ2n) is 4.97. The highest BCUT2D eigenvalue weighted by atomic mass is 16.7. The smallest absolute Gasteiger partial charge is 0.258 e. The fourth-order valence-corrected chi connectivity index (χ4v) is 2.37. The fraction of sp³-hybridized carbons (Fsp3) is 0.235. The Kier molecular flexibility index (Phi) is 3.97. The number of amides is 1. The predicted octanol–water partition coefficient (Wildman–Crippen LogP) is 2.71. The van der Waals surface area contributed by atoms with E-state index in [2.05, 4.69) is 0 Å². The van der Waals surface area contributed by atoms with Gasteiger partial charge < -0.3 is 23.8 Å². The number of ether oxygens (including phenoxy) is 4. The van der Waals surface area contributed by atoms with E-state index >= 15 is 0 Å². The molecule has 1 amide bonds. The standard InChI is InChI=1S/C17H17NO5/c1-18(12-5-7-13(20-2)15(9-12)21-3)17(19)11-4-6-14-16(8-11)23-10-22-14/h4-9H,10H2,1-3H3. The maximum atomic E-state index is 12.7. The number of carbonyl (C=O) groups excluding carboxylic acids is 1. The molecule has 120 valence electrons. The molecule has 0 fully saturated rings. The minimum atomic E-state index is -0.157. The van der Waals surface area contributed by atoms with Crippen LogP contribution in [-0.2, 0) is 0 Å². The molecule has 1 aliphatic heterocycles. The van der Waals surface area contributed by atoms with Gasteiger partial charge in [-0.2, -0.15) is 0 Å². The lowest BCUT2D eigenvalue weighted by Crippen LogP contribution is -2.26. The van der Waals surface area contributed by atoms with Gasteiger partial charge in [-0.05, 0) is 30.3 Å². The highest BCUT2D eigenvalue weighted by molar-refractivity contribution is 6.06. The summed E-state index contributed by atoms with van der Waals surface area (Å²) in [7, 11) is 4.83. The summed E-state index contributed by atoms with van der Waals surface area (Å²) in [5, 5.41) is 0. The average Bonchev–Trinajstić information content (AvgIpc) is 3.07. The number of fused-ring (bicyclic) bond motifs is 1. The van der Waals surface area contributed by atoms with E-state index < -0.39 is 0 Å². The van der Waals surface area contributed by atoms with Crippen molar-refractivity contribution in [2.45, 2.75) is 0 Å². The minimum Gasteiger partial charge on any atom is -0.493 e. The van der Waals surface area contributed by atoms with Crippen molar-refractivity contribution >= 4 is 11.6 Å². The molecule has 1 heterocycles. The molecule has 2 aromatic carbocycles. The van der Waals surface area contributed by atoms with Gasteiger partial charge in [0.25, 0.3) is 5.91 Å². The minimum absolute atomic E-state index is 0.157. The first-order valence-corrected chi connectivity index (χ1v) is 7.03. The van der Waals surface area contributed by atoms with Gasteiger partial charge in [-0.1, -0.05) is 0 Å². The summed E-state index contributed by atoms with van der Waals surface area (Å²) in [6, 6.07) is 10.4. The molecule has 1 aliphatic rings. The third kappa shape index (κ3) is 2.75. The quantitative estimate of drug-likeness (QED) is 0.868. The second-order valence-corrected chi connectivity index (χ2v) is 4.97. The summed E-state index contributed by atoms with van der Waals surface area (Å²) in [5.74, 6) is 2.25. The number of anilines is 1. The van der Waals surface area contributed by atoms with Gasteiger partial charge in [0.1, 0.15) is 0 Å². The van der Waals surface area contributed by atoms with Gasteiger partial charge in [-0.15, -0.1) is 0 Å². The van der Waals surface area contributed by atoms with Crippen molar-refractivity contribution in [3.8, 4) is 23.0 Å². The van der Waals surface area contributed by atoms with Gasteiger partial charge in [0, 0.05) is 24.4 Å². The Labute approximate surface area is 134 Å². The van der Waals surface area contributed by atoms with Crippen LogP contribution < -0.4 is 23.8 Å². The van der Waals surface area contributed by atoms with Gasteiger partial charge in [0.15, 0.2) is 23.0 Å². The molecule has 0 saturated carbocycles. The monoisotopic (exact) mass is 315 g/mol. The number of methoxy groups -OCH3 is 2. The molecular formula is C17H17NO5. The van der Waals surface area contributed by atoms with Gasteiger partial charge in [-0.3, -0.25) is 4.79 Å². The molecular weight excluding hydrogens is 298 g/mol. The second kappa shape index (κ2) is 6.08. The van der Waals surface area contributed by atoms with Crippen LogP contribution in [0.1, 0.15) is 10.4 Å². The van der Waals surface area contributed by atoms with Crippen molar-refractivity contribution in [1.82, 2.24) is 0 Å². The van der Waals surface area contributed by atoms with Crippen molar-refractivity contribution < 1.29 is 23.7 Å². The highest BCUT2D eigenvalue weighted by Crippen LogP contribution is 2.34. The van der Waals surface area contributed by atoms with E-state index in [1.54, 1.807) is 62.6 Å². The van der Waals surface area contributed by atoms with Crippen LogP contribution >= 0.6 is 0 Å². The lowest BCUT2D eigenvalue weighted by molar-refractivity contribution is 0.0992. The lowest BCUT2D eigenvalue weighted by Gasteiger charge is -2.19. The van der Waals surface area contributed by atoms with Crippen LogP contribution in [0.5, 0.6) is 23.0 Å². The van der Waals surface area contributed by atoms with Crippen LogP contribution in [0.4, 0.5) is 5.69 Å². The first-order valence-electron chi connectivity index (χ1n) is 7.03. The van der Waals surface area contributed by atoms with Crippen LogP contribution in [0, 0.1) is 0 Å². The Morgan fingerprint density at radius 3 is 2.48 bits per heavy atom. The molecule has 0 spiro atoms. The van der Waals surface area contributed by atoms with E-state index in [4.69, 9.17) is 18.9 Å². The largest absolute Gasteiger partial charge is 0.493 e. The third-order valence-corrected chi connectivity index (χ3v) is 3.68. The number of benzene rings is 2. The normalized spacial score (nSPS) is 12.0. The molecule has 6 heteroatoms. The van der Waals surface area contributed by atoms with Crippen LogP contribution in [0.25, 0.3) is 0 Å². The van der Waals surface area contributed by atoms with E-state index in [-0.39, 0.29) is 12.7 Å². The lowest BCUT2D eigenvalue weighted by atomic mass is 10.1. The Morgan fingerprint density at radius 2 is 1.74 bits per heavy atom. The molecule has 6 nitrogen and oxygen atoms in total. The average molecular weight is 315 g/mol. The Balaban J connectivity index is 1.87. The van der Waals surface area contributed by atoms with Crippen LogP contribution in [0.15, 0.2) is 36.4 Å². The van der Waals surface area contributed by atoms with E-state index in [0.29, 0.717) is 34.2 Å². The maximum absolute atomic E-state index is 12.7. The molecule has 3 rings (SSSR count). The predicted molar refractivity (Wildman–Crippen MR) is 84.8 cm³/mol. The molecule has 23 heavy (non-hydrogen) atoms. The summed E-state index contributed by atoms with van der Waals surface area (Å²) < 4.78 is 21.0. The number of rotatable bonds is 4. The highest BCUT2D eigenvalue weighted by Gasteiger charge is 2.20. The molecule has 0 atom stereocenters. The van der Waals surface area contributed by atoms with Gasteiger partial charge in [0.05, 0.1) is 14.2 Å². The van der Waals surface area contributed by atoms with Crippen molar-refractivity contribution in [2.75, 3.05) is 33.0 Å². The van der Waals surface area contributed by atoms with Crippen LogP contribution in [-0.4, -0.2) is 34.0 Å². The zero-order valence-corrected chi connectivity index (χ0v) is 13.2. The fourth-order valence-electron chi connectivity index (χ4n) is 2.37. The summed E-state index contributed by atoms with van der Waals surface area (Å²) in [4.78, 5) is 14.2. The van der Waals surface area contributed by atoms with Gasteiger partial charge >= 0.3 is 0 Å². The molecule has 0 aromatic heterocycles. The summed E-state index contributed by atoms with van der Waals surface area (Å²) in [6.07, 6.45) is 0. The van der Waals surface area contributed by atoms with E-state index in [0.717, 1.165) is 0 Å². The molecule has 2 aromatic rings. The summed E-state index contributed by atoms with van der Waals surface area (Å²) in [6.45, 7) is 0.179. The zero-order valence-electron chi connectivity index (χ0n) is 13.2. The van der Waals surface area contributed by atoms with E-state index in [1.807, 2.05) is 0 Å². The first kappa shape index (κ1) is 15.0. The molecule has 0 aliphatic carbocycles. The van der Waals surface area contributed by atoms with E-state index in [9.17, 15) is 4.79 Å². The third-order valence-electron chi connectivity index (χ3n) is 3.68. The first-order chi connectivity index (χ1) is 11.1. The number of hydrogen-bond donors (Lipinski definition) is 0. The number of hydrogen-bond acceptors (Lipinski definition) is 5. The number of carbonyl (C=O) groups is 1. The van der Waals surface area contributed by atoms with Crippen LogP contribution in [0.3, 0.4) is 0 Å². The molecule has 0 saturated heterocycles. The Bertz CT molecular complexity index is 744. The van der Waals surface area contributed by atoms with Crippen molar-refractivity contribution in [3.63, 3.8) is 0 Å². The number of nitrogens with zero attached hydrogens (tertiary/aromatic N) is 1. The summed E-state index contributed by atoms with van der Waals surface area (Å²) >= 11 is 0. The van der Waals surface area contributed by atoms with Gasteiger partial charge in [-0.25, -0.2) is 0 Å². The van der Waals surface area contributed by atoms with Crippen molar-refractivity contribution in [2.24, 2.45) is 0 Å². The molecule has 0 unspecified atom stereocenters. The van der Waals surface area contributed by atoms with Crippen LogP contribution in [0.2, 0.25) is 0 Å². The van der Waals surface area contributed by atoms with Gasteiger partial charge in [0.2, 0.25) is 6.79 Å². The Morgan fingerprint density at radius 1 is 1.00 bits per heavy atom. The van der Waals surface area contributed by atoms with Crippen molar-refractivity contribution in [3.05, 3.63) is 42.0 Å². The molecule has 0 bridgehead atoms. The SMILES string of the molecule is COc1ccc(N(C)C(=O)c2ccc3c(c2)OCO3)cc1OC. The molecule has 0 radical (unpaired) electrons.